The molecule has 0 aromatic carbocycles. The van der Waals surface area contributed by atoms with Gasteiger partial charge in [-0.15, -0.1) is 0 Å². The fourth-order valence-electron chi connectivity index (χ4n) is 2.80. The van der Waals surface area contributed by atoms with E-state index < -0.39 is 0 Å². The van der Waals surface area contributed by atoms with Crippen molar-refractivity contribution in [3.05, 3.63) is 0 Å². The summed E-state index contributed by atoms with van der Waals surface area (Å²) < 4.78 is 6.04. The lowest BCUT2D eigenvalue weighted by atomic mass is 9.93. The van der Waals surface area contributed by atoms with E-state index >= 15 is 0 Å². The smallest absolute Gasteiger partial charge is 0.238 e. The van der Waals surface area contributed by atoms with Gasteiger partial charge in [0.1, 0.15) is 0 Å². The number of ether oxygens (including phenoxy) is 1. The minimum atomic E-state index is -0.199. The van der Waals surface area contributed by atoms with Crippen LogP contribution in [0, 0.1) is 5.92 Å². The van der Waals surface area contributed by atoms with Crippen molar-refractivity contribution in [3.63, 3.8) is 0 Å². The van der Waals surface area contributed by atoms with Crippen molar-refractivity contribution in [2.75, 3.05) is 13.1 Å². The molecule has 0 aliphatic carbocycles. The second kappa shape index (κ2) is 5.15. The zero-order valence-corrected chi connectivity index (χ0v) is 12.4. The largest absolute Gasteiger partial charge is 0.367 e. The maximum absolute atomic E-state index is 11.6. The van der Waals surface area contributed by atoms with Crippen molar-refractivity contribution in [2.24, 2.45) is 11.8 Å². The van der Waals surface area contributed by atoms with Crippen molar-refractivity contribution in [2.45, 2.75) is 58.8 Å². The van der Waals surface area contributed by atoms with E-state index in [2.05, 4.69) is 44.9 Å². The molecule has 1 rings (SSSR count). The first-order chi connectivity index (χ1) is 8.08. The first kappa shape index (κ1) is 15.4. The van der Waals surface area contributed by atoms with E-state index in [1.54, 1.807) is 0 Å². The lowest BCUT2D eigenvalue weighted by Crippen LogP contribution is -2.61. The van der Waals surface area contributed by atoms with Gasteiger partial charge in [0, 0.05) is 19.1 Å². The summed E-state index contributed by atoms with van der Waals surface area (Å²) >= 11 is 0. The van der Waals surface area contributed by atoms with E-state index in [1.165, 1.54) is 0 Å². The number of hydrazine groups is 1. The molecular formula is C13H27N3O2. The van der Waals surface area contributed by atoms with E-state index in [-0.39, 0.29) is 29.1 Å². The van der Waals surface area contributed by atoms with Crippen LogP contribution in [-0.2, 0) is 9.53 Å². The molecule has 5 heteroatoms. The predicted molar refractivity (Wildman–Crippen MR) is 71.8 cm³/mol. The van der Waals surface area contributed by atoms with Gasteiger partial charge in [0.15, 0.2) is 0 Å². The van der Waals surface area contributed by atoms with Gasteiger partial charge >= 0.3 is 0 Å². The van der Waals surface area contributed by atoms with E-state index in [0.29, 0.717) is 0 Å². The molecule has 1 aliphatic heterocycles. The van der Waals surface area contributed by atoms with Crippen LogP contribution in [0.4, 0.5) is 0 Å². The molecule has 106 valence electrons. The summed E-state index contributed by atoms with van der Waals surface area (Å²) in [6, 6.07) is 0.135. The van der Waals surface area contributed by atoms with Crippen molar-refractivity contribution in [3.8, 4) is 0 Å². The highest BCUT2D eigenvalue weighted by Crippen LogP contribution is 2.30. The van der Waals surface area contributed by atoms with Crippen LogP contribution in [-0.4, -0.2) is 41.1 Å². The molecule has 0 spiro atoms. The Balaban J connectivity index is 2.79. The van der Waals surface area contributed by atoms with Crippen LogP contribution < -0.4 is 11.3 Å². The van der Waals surface area contributed by atoms with Gasteiger partial charge in [-0.25, -0.2) is 5.84 Å². The normalized spacial score (nSPS) is 26.4. The number of carbonyl (C=O) groups is 1. The minimum absolute atomic E-state index is 0.121. The molecule has 0 aromatic rings. The highest BCUT2D eigenvalue weighted by molar-refractivity contribution is 5.78. The summed E-state index contributed by atoms with van der Waals surface area (Å²) in [5.74, 6) is 4.94. The van der Waals surface area contributed by atoms with Crippen molar-refractivity contribution in [1.82, 2.24) is 10.3 Å². The molecule has 0 bridgehead atoms. The predicted octanol–water partition coefficient (Wildman–Crippen LogP) is 0.890. The molecule has 5 nitrogen and oxygen atoms in total. The fourth-order valence-corrected chi connectivity index (χ4v) is 2.80. The van der Waals surface area contributed by atoms with Crippen molar-refractivity contribution < 1.29 is 9.53 Å². The van der Waals surface area contributed by atoms with Crippen molar-refractivity contribution in [1.29, 1.82) is 0 Å². The molecule has 1 aliphatic rings. The lowest BCUT2D eigenvalue weighted by Gasteiger charge is -2.49. The quantitative estimate of drug-likeness (QED) is 0.448. The van der Waals surface area contributed by atoms with Crippen LogP contribution in [0.1, 0.15) is 41.5 Å². The molecule has 1 fully saturated rings. The van der Waals surface area contributed by atoms with Gasteiger partial charge in [-0.05, 0) is 34.6 Å². The molecule has 2 unspecified atom stereocenters. The summed E-state index contributed by atoms with van der Waals surface area (Å²) in [6.45, 7) is 13.9. The Morgan fingerprint density at radius 1 is 1.22 bits per heavy atom. The number of morpholine rings is 1. The average molecular weight is 257 g/mol. The van der Waals surface area contributed by atoms with Crippen LogP contribution in [0.2, 0.25) is 0 Å². The fraction of sp³-hybridized carbons (Fsp3) is 0.923. The Morgan fingerprint density at radius 2 is 1.67 bits per heavy atom. The molecule has 3 N–H and O–H groups in total. The lowest BCUT2D eigenvalue weighted by molar-refractivity contribution is -0.190. The Labute approximate surface area is 110 Å². The van der Waals surface area contributed by atoms with Crippen LogP contribution in [0.5, 0.6) is 0 Å². The minimum Gasteiger partial charge on any atom is -0.367 e. The highest BCUT2D eigenvalue weighted by Gasteiger charge is 2.41. The summed E-state index contributed by atoms with van der Waals surface area (Å²) in [5, 5.41) is 0. The maximum atomic E-state index is 11.6. The number of hydrogen-bond donors (Lipinski definition) is 2. The third kappa shape index (κ3) is 3.67. The molecule has 0 aromatic heterocycles. The van der Waals surface area contributed by atoms with Gasteiger partial charge in [-0.3, -0.25) is 15.1 Å². The van der Waals surface area contributed by atoms with Crippen LogP contribution in [0.25, 0.3) is 0 Å². The zero-order valence-electron chi connectivity index (χ0n) is 12.4. The number of rotatable bonds is 3. The number of carbonyl (C=O) groups excluding carboxylic acids is 1. The summed E-state index contributed by atoms with van der Waals surface area (Å²) in [6.07, 6.45) is 0. The topological polar surface area (TPSA) is 67.6 Å². The van der Waals surface area contributed by atoms with Crippen molar-refractivity contribution >= 4 is 5.91 Å². The van der Waals surface area contributed by atoms with E-state index in [1.807, 2.05) is 6.92 Å². The van der Waals surface area contributed by atoms with Gasteiger partial charge in [-0.2, -0.15) is 0 Å². The first-order valence-corrected chi connectivity index (χ1v) is 6.53. The van der Waals surface area contributed by atoms with Crippen LogP contribution >= 0.6 is 0 Å². The number of hydrogen-bond acceptors (Lipinski definition) is 4. The average Bonchev–Trinajstić information content (AvgIpc) is 2.21. The molecule has 2 atom stereocenters. The number of nitrogens with two attached hydrogens (primary N) is 1. The van der Waals surface area contributed by atoms with Gasteiger partial charge in [0.2, 0.25) is 5.91 Å². The van der Waals surface area contributed by atoms with E-state index in [4.69, 9.17) is 10.6 Å². The molecular weight excluding hydrogens is 230 g/mol. The Kier molecular flexibility index (Phi) is 4.41. The van der Waals surface area contributed by atoms with Crippen LogP contribution in [0.3, 0.4) is 0 Å². The highest BCUT2D eigenvalue weighted by atomic mass is 16.5. The van der Waals surface area contributed by atoms with E-state index in [9.17, 15) is 4.79 Å². The Hall–Kier alpha value is -0.650. The standard InChI is InChI=1S/C13H27N3O2/c1-9(11(17)15-14)10(2)16-7-12(3,4)18-13(5,6)8-16/h9-10H,7-8,14H2,1-6H3,(H,15,17). The molecule has 0 saturated carbocycles. The Morgan fingerprint density at radius 3 is 2.06 bits per heavy atom. The van der Waals surface area contributed by atoms with Crippen LogP contribution in [0.15, 0.2) is 0 Å². The summed E-state index contributed by atoms with van der Waals surface area (Å²) in [4.78, 5) is 13.9. The Bertz CT molecular complexity index is 299. The third-order valence-corrected chi connectivity index (χ3v) is 3.58. The SMILES string of the molecule is CC(C(=O)NN)C(C)N1CC(C)(C)OC(C)(C)C1. The monoisotopic (exact) mass is 257 g/mol. The maximum Gasteiger partial charge on any atom is 0.238 e. The second-order valence-electron chi connectivity index (χ2n) is 6.56. The van der Waals surface area contributed by atoms with E-state index in [0.717, 1.165) is 13.1 Å². The number of nitrogens with zero attached hydrogens (tertiary/aromatic N) is 1. The third-order valence-electron chi connectivity index (χ3n) is 3.58. The first-order valence-electron chi connectivity index (χ1n) is 6.53. The van der Waals surface area contributed by atoms with Gasteiger partial charge in [-0.1, -0.05) is 6.92 Å². The summed E-state index contributed by atoms with van der Waals surface area (Å²) in [7, 11) is 0. The number of nitrogens with one attached hydrogen (secondary N) is 1. The molecule has 1 amide bonds. The summed E-state index contributed by atoms with van der Waals surface area (Å²) in [5.41, 5.74) is 1.83. The molecule has 0 radical (unpaired) electrons. The zero-order chi connectivity index (χ0) is 14.1. The second-order valence-corrected chi connectivity index (χ2v) is 6.56. The number of amides is 1. The van der Waals surface area contributed by atoms with Gasteiger partial charge < -0.3 is 4.74 Å². The molecule has 1 saturated heterocycles. The van der Waals surface area contributed by atoms with Gasteiger partial charge in [0.05, 0.1) is 17.1 Å². The van der Waals surface area contributed by atoms with Gasteiger partial charge in [0.25, 0.3) is 0 Å². The molecule has 18 heavy (non-hydrogen) atoms. The molecule has 1 heterocycles.